The maximum absolute atomic E-state index is 13.0. The van der Waals surface area contributed by atoms with Crippen molar-refractivity contribution in [1.82, 2.24) is 25.5 Å². The van der Waals surface area contributed by atoms with Gasteiger partial charge in [-0.15, -0.1) is 0 Å². The molecule has 0 aromatic carbocycles. The number of rotatable bonds is 5. The number of nitrogens with zero attached hydrogens (tertiary/aromatic N) is 4. The number of aryl methyl sites for hydroxylation is 1. The van der Waals surface area contributed by atoms with E-state index in [-0.39, 0.29) is 0 Å². The normalized spacial score (nSPS) is 13.2. The van der Waals surface area contributed by atoms with E-state index in [1.165, 1.54) is 11.6 Å². The third-order valence-corrected chi connectivity index (χ3v) is 4.74. The Morgan fingerprint density at radius 2 is 1.90 bits per heavy atom. The average Bonchev–Trinajstić information content (AvgIpc) is 3.24. The topological polar surface area (TPSA) is 81.8 Å². The summed E-state index contributed by atoms with van der Waals surface area (Å²) >= 11 is 0. The van der Waals surface area contributed by atoms with Crippen LogP contribution in [0.15, 0.2) is 56.1 Å². The van der Waals surface area contributed by atoms with Crippen molar-refractivity contribution in [3.63, 3.8) is 0 Å². The summed E-state index contributed by atoms with van der Waals surface area (Å²) in [7, 11) is 0. The van der Waals surface area contributed by atoms with Crippen LogP contribution in [0.3, 0.4) is 0 Å². The van der Waals surface area contributed by atoms with Crippen molar-refractivity contribution in [2.45, 2.75) is 13.8 Å². The molecule has 7 nitrogen and oxygen atoms in total. The number of pyridine rings is 2. The van der Waals surface area contributed by atoms with Gasteiger partial charge in [-0.2, -0.15) is 5.10 Å². The monoisotopic (exact) mass is 421 g/mol. The highest BCUT2D eigenvalue weighted by atomic mass is 19.1. The van der Waals surface area contributed by atoms with Gasteiger partial charge in [-0.1, -0.05) is 19.2 Å². The molecular formula is C23H28FN7. The van der Waals surface area contributed by atoms with Crippen LogP contribution in [0.25, 0.3) is 11.3 Å². The van der Waals surface area contributed by atoms with Crippen molar-refractivity contribution in [3.8, 4) is 0 Å². The van der Waals surface area contributed by atoms with Gasteiger partial charge in [0.1, 0.15) is 11.6 Å². The number of piperazine rings is 1. The number of hydrogen-bond acceptors (Lipinski definition) is 6. The maximum atomic E-state index is 13.0. The van der Waals surface area contributed by atoms with Crippen LogP contribution in [0.4, 0.5) is 15.9 Å². The van der Waals surface area contributed by atoms with Gasteiger partial charge in [0.2, 0.25) is 0 Å². The fourth-order valence-electron chi connectivity index (χ4n) is 3.06. The molecule has 1 saturated heterocycles. The number of allylic oxidation sites excluding steroid dienone is 1. The van der Waals surface area contributed by atoms with E-state index >= 15 is 0 Å². The minimum Gasteiger partial charge on any atom is -0.354 e. The summed E-state index contributed by atoms with van der Waals surface area (Å²) < 4.78 is 13.0. The molecule has 0 atom stereocenters. The molecule has 0 unspecified atom stereocenters. The van der Waals surface area contributed by atoms with Crippen LogP contribution in [0.5, 0.6) is 0 Å². The van der Waals surface area contributed by atoms with Crippen LogP contribution < -0.4 is 15.5 Å². The quantitative estimate of drug-likeness (QED) is 0.580. The number of anilines is 2. The Morgan fingerprint density at radius 1 is 1.13 bits per heavy atom. The molecule has 0 radical (unpaired) electrons. The smallest absolute Gasteiger partial charge is 0.142 e. The summed E-state index contributed by atoms with van der Waals surface area (Å²) in [6.45, 7) is 15.9. The maximum Gasteiger partial charge on any atom is 0.142 e. The van der Waals surface area contributed by atoms with E-state index in [9.17, 15) is 4.39 Å². The number of nitrogens with one attached hydrogen (secondary N) is 3. The lowest BCUT2D eigenvalue weighted by atomic mass is 10.2. The van der Waals surface area contributed by atoms with Gasteiger partial charge in [0.05, 0.1) is 23.8 Å². The average molecular weight is 422 g/mol. The Balaban J connectivity index is 0.000000185. The van der Waals surface area contributed by atoms with Crippen LogP contribution in [-0.4, -0.2) is 46.3 Å². The molecule has 1 fully saturated rings. The second-order valence-electron chi connectivity index (χ2n) is 7.37. The van der Waals surface area contributed by atoms with Crippen molar-refractivity contribution in [2.75, 3.05) is 36.4 Å². The van der Waals surface area contributed by atoms with Gasteiger partial charge in [0, 0.05) is 49.8 Å². The van der Waals surface area contributed by atoms with Crippen molar-refractivity contribution >= 4 is 22.8 Å². The molecule has 3 N–H and O–H groups in total. The molecule has 162 valence electrons. The molecule has 3 aromatic heterocycles. The van der Waals surface area contributed by atoms with E-state index in [0.29, 0.717) is 11.3 Å². The Hall–Kier alpha value is -3.52. The number of halogens is 1. The van der Waals surface area contributed by atoms with Crippen molar-refractivity contribution in [1.29, 1.82) is 0 Å². The zero-order valence-electron chi connectivity index (χ0n) is 18.0. The first kappa shape index (κ1) is 22.2. The van der Waals surface area contributed by atoms with E-state index in [1.54, 1.807) is 12.4 Å². The molecule has 0 bridgehead atoms. The molecule has 0 saturated carbocycles. The van der Waals surface area contributed by atoms with E-state index in [2.05, 4.69) is 67.9 Å². The lowest BCUT2D eigenvalue weighted by Gasteiger charge is -2.28. The standard InChI is InChI=1S/C13H13FN4.C10H15N3/c1-8(2)13-12(7-16-18-13)17-9(3)10-4-11(14)6-15-5-10;1-9-2-3-10(12-8-9)13-6-4-11-5-7-13/h4-7,17H,1,3H2,2H3,(H,16,18);2-3,8,11H,4-7H2,1H3. The molecule has 4 heterocycles. The third-order valence-electron chi connectivity index (χ3n) is 4.74. The van der Waals surface area contributed by atoms with Crippen LogP contribution in [-0.2, 0) is 0 Å². The summed E-state index contributed by atoms with van der Waals surface area (Å²) in [4.78, 5) is 10.5. The van der Waals surface area contributed by atoms with Gasteiger partial charge in [0.25, 0.3) is 0 Å². The highest BCUT2D eigenvalue weighted by Crippen LogP contribution is 2.23. The van der Waals surface area contributed by atoms with Crippen LogP contribution in [0.2, 0.25) is 0 Å². The predicted molar refractivity (Wildman–Crippen MR) is 124 cm³/mol. The second-order valence-corrected chi connectivity index (χ2v) is 7.37. The second kappa shape index (κ2) is 10.5. The molecule has 31 heavy (non-hydrogen) atoms. The zero-order valence-corrected chi connectivity index (χ0v) is 18.0. The molecule has 1 aliphatic heterocycles. The molecular weight excluding hydrogens is 393 g/mol. The summed E-state index contributed by atoms with van der Waals surface area (Å²) in [6, 6.07) is 5.58. The molecule has 0 amide bonds. The first-order chi connectivity index (χ1) is 14.9. The number of aromatic nitrogens is 4. The fourth-order valence-corrected chi connectivity index (χ4v) is 3.06. The van der Waals surface area contributed by atoms with Crippen LogP contribution in [0, 0.1) is 12.7 Å². The van der Waals surface area contributed by atoms with E-state index in [0.717, 1.165) is 55.1 Å². The molecule has 0 aliphatic carbocycles. The summed E-state index contributed by atoms with van der Waals surface area (Å²) in [5.41, 5.74) is 4.74. The number of H-pyrrole nitrogens is 1. The highest BCUT2D eigenvalue weighted by Gasteiger charge is 2.10. The lowest BCUT2D eigenvalue weighted by Crippen LogP contribution is -2.43. The zero-order chi connectivity index (χ0) is 22.2. The molecule has 4 rings (SSSR count). The van der Waals surface area contributed by atoms with E-state index < -0.39 is 5.82 Å². The van der Waals surface area contributed by atoms with Crippen LogP contribution in [0.1, 0.15) is 23.7 Å². The summed E-state index contributed by atoms with van der Waals surface area (Å²) in [5.74, 6) is 0.704. The van der Waals surface area contributed by atoms with Gasteiger partial charge in [-0.3, -0.25) is 10.1 Å². The first-order valence-corrected chi connectivity index (χ1v) is 10.1. The van der Waals surface area contributed by atoms with Gasteiger partial charge in [-0.05, 0) is 37.1 Å². The Bertz CT molecular complexity index is 1020. The Morgan fingerprint density at radius 3 is 2.55 bits per heavy atom. The largest absolute Gasteiger partial charge is 0.354 e. The summed E-state index contributed by atoms with van der Waals surface area (Å²) in [5, 5.41) is 13.1. The third kappa shape index (κ3) is 6.23. The minimum absolute atomic E-state index is 0.400. The Kier molecular flexibility index (Phi) is 7.50. The van der Waals surface area contributed by atoms with Gasteiger partial charge in [-0.25, -0.2) is 9.37 Å². The summed E-state index contributed by atoms with van der Waals surface area (Å²) in [6.07, 6.45) is 6.24. The molecule has 1 aliphatic rings. The molecule has 3 aromatic rings. The van der Waals surface area contributed by atoms with Crippen molar-refractivity contribution in [2.24, 2.45) is 0 Å². The lowest BCUT2D eigenvalue weighted by molar-refractivity contribution is 0.585. The fraction of sp³-hybridized carbons (Fsp3) is 0.261. The van der Waals surface area contributed by atoms with Crippen LogP contribution >= 0.6 is 0 Å². The number of aromatic amines is 1. The van der Waals surface area contributed by atoms with Gasteiger partial charge in [0.15, 0.2) is 0 Å². The van der Waals surface area contributed by atoms with Gasteiger partial charge >= 0.3 is 0 Å². The van der Waals surface area contributed by atoms with Crippen molar-refractivity contribution < 1.29 is 4.39 Å². The van der Waals surface area contributed by atoms with Crippen molar-refractivity contribution in [3.05, 3.63) is 78.8 Å². The minimum atomic E-state index is -0.400. The highest BCUT2D eigenvalue weighted by molar-refractivity contribution is 5.80. The SMILES string of the molecule is C=C(Nc1cn[nH]c1C(=C)C)c1cncc(F)c1.Cc1ccc(N2CCNCC2)nc1. The van der Waals surface area contributed by atoms with E-state index in [1.807, 2.05) is 13.1 Å². The molecule has 8 heteroatoms. The van der Waals surface area contributed by atoms with Gasteiger partial charge < -0.3 is 15.5 Å². The number of hydrogen-bond donors (Lipinski definition) is 3. The Labute approximate surface area is 182 Å². The first-order valence-electron chi connectivity index (χ1n) is 10.1. The molecule has 0 spiro atoms. The predicted octanol–water partition coefficient (Wildman–Crippen LogP) is 3.86. The van der Waals surface area contributed by atoms with E-state index in [4.69, 9.17) is 0 Å².